The van der Waals surface area contributed by atoms with Crippen LogP contribution in [0.3, 0.4) is 0 Å². The van der Waals surface area contributed by atoms with Gasteiger partial charge in [-0.05, 0) is 30.0 Å². The number of hydrogen-bond acceptors (Lipinski definition) is 4. The van der Waals surface area contributed by atoms with Crippen molar-refractivity contribution in [1.29, 1.82) is 0 Å². The highest BCUT2D eigenvalue weighted by Crippen LogP contribution is 2.30. The molecule has 1 aliphatic heterocycles. The van der Waals surface area contributed by atoms with E-state index in [2.05, 4.69) is 29.7 Å². The Bertz CT molecular complexity index is 630. The van der Waals surface area contributed by atoms with Gasteiger partial charge in [0.2, 0.25) is 0 Å². The molecular weight excluding hydrogens is 276 g/mol. The molecule has 0 fully saturated rings. The summed E-state index contributed by atoms with van der Waals surface area (Å²) in [4.78, 5) is 0. The van der Waals surface area contributed by atoms with Crippen LogP contribution in [0.4, 0.5) is 5.69 Å². The van der Waals surface area contributed by atoms with Crippen LogP contribution in [0.15, 0.2) is 48.5 Å². The van der Waals surface area contributed by atoms with Crippen LogP contribution in [-0.2, 0) is 6.42 Å². The van der Waals surface area contributed by atoms with Crippen molar-refractivity contribution in [3.8, 4) is 0 Å². The maximum atomic E-state index is 10.5. The highest BCUT2D eigenvalue weighted by atomic mass is 16.3. The molecule has 3 rings (SSSR count). The van der Waals surface area contributed by atoms with E-state index in [0.29, 0.717) is 0 Å². The molecule has 0 saturated carbocycles. The van der Waals surface area contributed by atoms with E-state index in [1.54, 1.807) is 0 Å². The fourth-order valence-corrected chi connectivity index (χ4v) is 3.03. The van der Waals surface area contributed by atoms with Crippen LogP contribution in [0.5, 0.6) is 0 Å². The number of aryl methyl sites for hydroxylation is 1. The second-order valence-corrected chi connectivity index (χ2v) is 5.82. The van der Waals surface area contributed by atoms with Gasteiger partial charge in [0, 0.05) is 5.69 Å². The Balaban J connectivity index is 1.68. The van der Waals surface area contributed by atoms with Crippen LogP contribution < -0.4 is 10.6 Å². The van der Waals surface area contributed by atoms with Crippen LogP contribution in [0, 0.1) is 6.92 Å². The quantitative estimate of drug-likeness (QED) is 0.637. The Kier molecular flexibility index (Phi) is 4.43. The number of benzene rings is 2. The maximum Gasteiger partial charge on any atom is 0.126 e. The zero-order chi connectivity index (χ0) is 15.5. The lowest BCUT2D eigenvalue weighted by Gasteiger charge is -2.25. The van der Waals surface area contributed by atoms with Crippen molar-refractivity contribution in [3.05, 3.63) is 65.2 Å². The lowest BCUT2D eigenvalue weighted by molar-refractivity contribution is 0.0885. The topological polar surface area (TPSA) is 64.5 Å². The van der Waals surface area contributed by atoms with E-state index in [0.717, 1.165) is 17.7 Å². The molecule has 0 amide bonds. The Morgan fingerprint density at radius 2 is 1.95 bits per heavy atom. The molecule has 4 N–H and O–H groups in total. The number of anilines is 1. The van der Waals surface area contributed by atoms with E-state index in [9.17, 15) is 10.2 Å². The minimum absolute atomic E-state index is 0.0558. The summed E-state index contributed by atoms with van der Waals surface area (Å²) in [6.07, 6.45) is 0.0436. The maximum absolute atomic E-state index is 10.5. The lowest BCUT2D eigenvalue weighted by Crippen LogP contribution is -2.45. The van der Waals surface area contributed by atoms with Gasteiger partial charge in [0.25, 0.3) is 0 Å². The Labute approximate surface area is 130 Å². The molecule has 0 saturated heterocycles. The first-order valence-electron chi connectivity index (χ1n) is 7.64. The number of aliphatic hydroxyl groups excluding tert-OH is 2. The molecule has 3 atom stereocenters. The third kappa shape index (κ3) is 2.99. The fraction of sp³-hybridized carbons (Fsp3) is 0.333. The zero-order valence-corrected chi connectivity index (χ0v) is 12.7. The second kappa shape index (κ2) is 6.48. The monoisotopic (exact) mass is 298 g/mol. The number of para-hydroxylation sites is 1. The van der Waals surface area contributed by atoms with Gasteiger partial charge in [-0.2, -0.15) is 0 Å². The minimum Gasteiger partial charge on any atom is -0.394 e. The molecule has 2 aromatic rings. The Morgan fingerprint density at radius 1 is 1.18 bits per heavy atom. The number of rotatable bonds is 5. The molecule has 22 heavy (non-hydrogen) atoms. The Morgan fingerprint density at radius 3 is 2.64 bits per heavy atom. The lowest BCUT2D eigenvalue weighted by atomic mass is 10.0. The van der Waals surface area contributed by atoms with Gasteiger partial charge < -0.3 is 15.5 Å². The molecule has 1 aliphatic rings. The highest BCUT2D eigenvalue weighted by molar-refractivity contribution is 5.62. The summed E-state index contributed by atoms with van der Waals surface area (Å²) in [5.74, 6) is 0. The molecule has 116 valence electrons. The second-order valence-electron chi connectivity index (χ2n) is 5.82. The standard InChI is InChI=1S/C18H22N2O2/c1-12-6-5-9-14-10-15(19-17(12)14)18(22)20-16(11-21)13-7-3-2-4-8-13/h2-9,15-16,18-22H,10-11H2,1H3. The van der Waals surface area contributed by atoms with Crippen LogP contribution in [0.2, 0.25) is 0 Å². The van der Waals surface area contributed by atoms with Crippen LogP contribution in [0.1, 0.15) is 22.7 Å². The molecule has 0 aromatic heterocycles. The Hall–Kier alpha value is -1.88. The van der Waals surface area contributed by atoms with Gasteiger partial charge in [-0.25, -0.2) is 0 Å². The van der Waals surface area contributed by atoms with E-state index in [1.807, 2.05) is 36.4 Å². The molecule has 0 radical (unpaired) electrons. The van der Waals surface area contributed by atoms with Crippen LogP contribution in [0.25, 0.3) is 0 Å². The SMILES string of the molecule is Cc1cccc2c1NC(C(O)NC(CO)c1ccccc1)C2. The van der Waals surface area contributed by atoms with Crippen molar-refractivity contribution in [2.45, 2.75) is 31.7 Å². The molecule has 0 aliphatic carbocycles. The van der Waals surface area contributed by atoms with Crippen molar-refractivity contribution >= 4 is 5.69 Å². The van der Waals surface area contributed by atoms with Gasteiger partial charge in [-0.1, -0.05) is 48.5 Å². The van der Waals surface area contributed by atoms with E-state index in [1.165, 1.54) is 11.1 Å². The van der Waals surface area contributed by atoms with Crippen molar-refractivity contribution in [2.75, 3.05) is 11.9 Å². The van der Waals surface area contributed by atoms with Gasteiger partial charge in [0.1, 0.15) is 6.23 Å². The van der Waals surface area contributed by atoms with Crippen molar-refractivity contribution in [1.82, 2.24) is 5.32 Å². The van der Waals surface area contributed by atoms with Gasteiger partial charge in [0.15, 0.2) is 0 Å². The molecule has 1 heterocycles. The molecular formula is C18H22N2O2. The summed E-state index contributed by atoms with van der Waals surface area (Å²) >= 11 is 0. The van der Waals surface area contributed by atoms with E-state index >= 15 is 0 Å². The van der Waals surface area contributed by atoms with Crippen molar-refractivity contribution in [3.63, 3.8) is 0 Å². The largest absolute Gasteiger partial charge is 0.394 e. The van der Waals surface area contributed by atoms with Crippen molar-refractivity contribution < 1.29 is 10.2 Å². The predicted molar refractivity (Wildman–Crippen MR) is 87.7 cm³/mol. The minimum atomic E-state index is -0.732. The van der Waals surface area contributed by atoms with Gasteiger partial charge in [-0.3, -0.25) is 5.32 Å². The normalized spacial score (nSPS) is 19.3. The van der Waals surface area contributed by atoms with Crippen molar-refractivity contribution in [2.24, 2.45) is 0 Å². The summed E-state index contributed by atoms with van der Waals surface area (Å²) in [5, 5.41) is 26.6. The average Bonchev–Trinajstić information content (AvgIpc) is 2.99. The first kappa shape index (κ1) is 15.0. The first-order valence-corrected chi connectivity index (χ1v) is 7.64. The fourth-order valence-electron chi connectivity index (χ4n) is 3.03. The number of nitrogens with one attached hydrogen (secondary N) is 2. The summed E-state index contributed by atoms with van der Waals surface area (Å²) in [7, 11) is 0. The van der Waals surface area contributed by atoms with Gasteiger partial charge in [0.05, 0.1) is 18.7 Å². The third-order valence-electron chi connectivity index (χ3n) is 4.27. The number of aliphatic hydroxyl groups is 2. The average molecular weight is 298 g/mol. The molecule has 0 spiro atoms. The number of fused-ring (bicyclic) bond motifs is 1. The molecule has 2 aromatic carbocycles. The molecule has 0 bridgehead atoms. The predicted octanol–water partition coefficient (Wildman–Crippen LogP) is 1.97. The van der Waals surface area contributed by atoms with E-state index in [4.69, 9.17) is 0 Å². The summed E-state index contributed by atoms with van der Waals surface area (Å²) in [6.45, 7) is 2.01. The first-order chi connectivity index (χ1) is 10.7. The van der Waals surface area contributed by atoms with E-state index in [-0.39, 0.29) is 18.7 Å². The molecule has 3 unspecified atom stereocenters. The third-order valence-corrected chi connectivity index (χ3v) is 4.27. The summed E-state index contributed by atoms with van der Waals surface area (Å²) < 4.78 is 0. The molecule has 4 nitrogen and oxygen atoms in total. The van der Waals surface area contributed by atoms with E-state index < -0.39 is 6.23 Å². The van der Waals surface area contributed by atoms with Crippen LogP contribution in [-0.4, -0.2) is 29.1 Å². The van der Waals surface area contributed by atoms with Gasteiger partial charge in [-0.15, -0.1) is 0 Å². The van der Waals surface area contributed by atoms with Crippen LogP contribution >= 0.6 is 0 Å². The molecule has 4 heteroatoms. The highest BCUT2D eigenvalue weighted by Gasteiger charge is 2.29. The van der Waals surface area contributed by atoms with Gasteiger partial charge >= 0.3 is 0 Å². The smallest absolute Gasteiger partial charge is 0.126 e. The zero-order valence-electron chi connectivity index (χ0n) is 12.7. The summed E-state index contributed by atoms with van der Waals surface area (Å²) in [5.41, 5.74) is 4.50. The number of hydrogen-bond donors (Lipinski definition) is 4. The summed E-state index contributed by atoms with van der Waals surface area (Å²) in [6, 6.07) is 15.5.